The molecule has 1 saturated carbocycles. The maximum Gasteiger partial charge on any atom is 0.329 e. The Morgan fingerprint density at radius 1 is 1.19 bits per heavy atom. The minimum Gasteiger partial charge on any atom is -0.482 e. The molecule has 0 unspecified atom stereocenters. The molecule has 4 aromatic heterocycles. The Bertz CT molecular complexity index is 1870. The molecule has 6 heterocycles. The van der Waals surface area contributed by atoms with Crippen molar-refractivity contribution in [1.82, 2.24) is 29.2 Å². The second-order valence-corrected chi connectivity index (χ2v) is 13.7. The number of hydrogen-bond donors (Lipinski definition) is 1. The number of carbonyl (C=O) groups is 1. The number of hydrogen-bond acceptors (Lipinski definition) is 7. The van der Waals surface area contributed by atoms with Crippen LogP contribution in [0.3, 0.4) is 0 Å². The van der Waals surface area contributed by atoms with Crippen LogP contribution in [0.2, 0.25) is 0 Å². The maximum atomic E-state index is 13.8. The third-order valence-electron chi connectivity index (χ3n) is 8.93. The molecule has 0 bridgehead atoms. The van der Waals surface area contributed by atoms with Gasteiger partial charge in [0.15, 0.2) is 5.88 Å². The Labute approximate surface area is 247 Å². The van der Waals surface area contributed by atoms with Crippen LogP contribution in [0, 0.1) is 18.8 Å². The molecule has 228 valence electrons. The lowest BCUT2D eigenvalue weighted by Crippen LogP contribution is -2.65. The predicted octanol–water partition coefficient (Wildman–Crippen LogP) is 3.50. The van der Waals surface area contributed by atoms with Crippen LogP contribution in [-0.4, -0.2) is 83.8 Å². The summed E-state index contributed by atoms with van der Waals surface area (Å²) in [5.74, 6) is 1.00. The Morgan fingerprint density at radius 2 is 1.98 bits per heavy atom. The van der Waals surface area contributed by atoms with Crippen molar-refractivity contribution >= 4 is 38.4 Å². The van der Waals surface area contributed by atoms with Crippen molar-refractivity contribution in [3.05, 3.63) is 41.6 Å². The van der Waals surface area contributed by atoms with Crippen LogP contribution in [0.5, 0.6) is 5.88 Å². The van der Waals surface area contributed by atoms with Gasteiger partial charge in [0.05, 0.1) is 24.8 Å². The fourth-order valence-electron chi connectivity index (χ4n) is 6.51. The zero-order chi connectivity index (χ0) is 30.2. The number of nitrogens with one attached hydrogen (secondary N) is 1. The number of halogens is 2. The van der Waals surface area contributed by atoms with Gasteiger partial charge in [0.2, 0.25) is 10.0 Å². The first-order valence-corrected chi connectivity index (χ1v) is 16.3. The Morgan fingerprint density at radius 3 is 2.65 bits per heavy atom. The molecule has 4 aromatic rings. The van der Waals surface area contributed by atoms with E-state index in [1.165, 1.54) is 6.07 Å². The van der Waals surface area contributed by atoms with E-state index in [0.29, 0.717) is 52.2 Å². The van der Waals surface area contributed by atoms with Crippen LogP contribution in [-0.2, 0) is 16.6 Å². The number of anilines is 1. The molecule has 2 aliphatic heterocycles. The summed E-state index contributed by atoms with van der Waals surface area (Å²) in [6.07, 6.45) is 3.86. The quantitative estimate of drug-likeness (QED) is 0.303. The van der Waals surface area contributed by atoms with E-state index in [2.05, 4.69) is 10.3 Å². The number of aromatic nitrogens is 4. The van der Waals surface area contributed by atoms with E-state index in [1.54, 1.807) is 25.3 Å². The molecule has 0 aromatic carbocycles. The number of fused-ring (bicyclic) bond motifs is 3. The third kappa shape index (κ3) is 4.71. The number of imidazole rings is 1. The fraction of sp³-hybridized carbons (Fsp3) is 0.483. The number of pyridine rings is 2. The van der Waals surface area contributed by atoms with Crippen LogP contribution in [0.4, 0.5) is 14.6 Å². The average Bonchev–Trinajstić information content (AvgIpc) is 3.62. The van der Waals surface area contributed by atoms with Crippen LogP contribution < -0.4 is 14.4 Å². The van der Waals surface area contributed by atoms with Crippen molar-refractivity contribution in [1.29, 1.82) is 0 Å². The summed E-state index contributed by atoms with van der Waals surface area (Å²) < 4.78 is 61.5. The van der Waals surface area contributed by atoms with Crippen LogP contribution in [0.1, 0.15) is 35.3 Å². The fourth-order valence-corrected chi connectivity index (χ4v) is 7.24. The summed E-state index contributed by atoms with van der Waals surface area (Å²) in [5.41, 5.74) is 3.59. The highest BCUT2D eigenvalue weighted by molar-refractivity contribution is 7.92. The average molecular weight is 614 g/mol. The molecule has 1 N–H and O–H groups in total. The third-order valence-corrected chi connectivity index (χ3v) is 9.99. The molecule has 0 spiro atoms. The van der Waals surface area contributed by atoms with Gasteiger partial charge in [0.25, 0.3) is 5.91 Å². The van der Waals surface area contributed by atoms with Gasteiger partial charge in [0.1, 0.15) is 22.8 Å². The molecule has 2 saturated heterocycles. The molecule has 11 nitrogen and oxygen atoms in total. The van der Waals surface area contributed by atoms with E-state index in [9.17, 15) is 22.0 Å². The van der Waals surface area contributed by atoms with Crippen LogP contribution >= 0.6 is 0 Å². The zero-order valence-corrected chi connectivity index (χ0v) is 24.9. The van der Waals surface area contributed by atoms with Crippen molar-refractivity contribution in [3.8, 4) is 17.3 Å². The molecule has 3 fully saturated rings. The molecule has 1 amide bonds. The topological polar surface area (TPSA) is 114 Å². The molecular formula is C29H33F2N7O4S. The number of piperidine rings is 1. The second kappa shape index (κ2) is 10.2. The van der Waals surface area contributed by atoms with E-state index in [-0.39, 0.29) is 22.1 Å². The lowest BCUT2D eigenvalue weighted by molar-refractivity contribution is 0.00278. The summed E-state index contributed by atoms with van der Waals surface area (Å²) in [4.78, 5) is 24.8. The zero-order valence-electron chi connectivity index (χ0n) is 24.1. The summed E-state index contributed by atoms with van der Waals surface area (Å²) >= 11 is 0. The van der Waals surface area contributed by atoms with Crippen molar-refractivity contribution < 1.29 is 26.7 Å². The minimum atomic E-state index is -4.26. The van der Waals surface area contributed by atoms with E-state index >= 15 is 0 Å². The first-order valence-electron chi connectivity index (χ1n) is 14.4. The van der Waals surface area contributed by atoms with E-state index in [0.717, 1.165) is 56.5 Å². The monoisotopic (exact) mass is 613 g/mol. The lowest BCUT2D eigenvalue weighted by atomic mass is 9.82. The molecule has 7 rings (SSSR count). The Kier molecular flexibility index (Phi) is 6.61. The van der Waals surface area contributed by atoms with Crippen LogP contribution in [0.15, 0.2) is 30.3 Å². The van der Waals surface area contributed by atoms with Gasteiger partial charge in [-0.25, -0.2) is 18.4 Å². The second-order valence-electron chi connectivity index (χ2n) is 11.8. The van der Waals surface area contributed by atoms with Crippen molar-refractivity contribution in [2.45, 2.75) is 45.3 Å². The summed E-state index contributed by atoms with van der Waals surface area (Å²) in [6, 6.07) is 8.51. The summed E-state index contributed by atoms with van der Waals surface area (Å²) in [7, 11) is -2.71. The largest absolute Gasteiger partial charge is 0.482 e. The van der Waals surface area contributed by atoms with Crippen molar-refractivity contribution in [3.63, 3.8) is 0 Å². The van der Waals surface area contributed by atoms with E-state index < -0.39 is 16.6 Å². The molecular weight excluding hydrogens is 580 g/mol. The number of carbonyl (C=O) groups excluding carboxylic acids is 1. The molecule has 0 radical (unpaired) electrons. The summed E-state index contributed by atoms with van der Waals surface area (Å²) in [5, 5.41) is 4.05. The van der Waals surface area contributed by atoms with Crippen LogP contribution in [0.25, 0.3) is 28.1 Å². The first-order chi connectivity index (χ1) is 20.5. The summed E-state index contributed by atoms with van der Waals surface area (Å²) in [6.45, 7) is 1.75. The van der Waals surface area contributed by atoms with Gasteiger partial charge in [-0.1, -0.05) is 0 Å². The molecule has 43 heavy (non-hydrogen) atoms. The molecule has 14 heteroatoms. The van der Waals surface area contributed by atoms with Gasteiger partial charge in [-0.3, -0.25) is 9.20 Å². The van der Waals surface area contributed by atoms with Gasteiger partial charge in [-0.15, -0.1) is 0 Å². The Balaban J connectivity index is 1.33. The van der Waals surface area contributed by atoms with Gasteiger partial charge in [-0.2, -0.15) is 13.1 Å². The number of ether oxygens (including phenoxy) is 1. The van der Waals surface area contributed by atoms with E-state index in [4.69, 9.17) is 9.72 Å². The molecule has 1 aliphatic carbocycles. The number of methoxy groups -OCH3 is 1. The van der Waals surface area contributed by atoms with Crippen molar-refractivity contribution in [2.75, 3.05) is 37.3 Å². The highest BCUT2D eigenvalue weighted by Crippen LogP contribution is 2.38. The van der Waals surface area contributed by atoms with Crippen molar-refractivity contribution in [2.24, 2.45) is 11.8 Å². The number of aryl methyl sites for hydroxylation is 1. The highest BCUT2D eigenvalue weighted by atomic mass is 32.2. The first kappa shape index (κ1) is 28.0. The van der Waals surface area contributed by atoms with E-state index in [1.807, 2.05) is 26.9 Å². The lowest BCUT2D eigenvalue weighted by Gasteiger charge is -2.51. The number of amides is 1. The highest BCUT2D eigenvalue weighted by Gasteiger charge is 2.43. The number of nitrogens with zero attached hydrogens (tertiary/aromatic N) is 6. The molecule has 2 atom stereocenters. The van der Waals surface area contributed by atoms with Gasteiger partial charge in [-0.05, 0) is 68.8 Å². The smallest absolute Gasteiger partial charge is 0.329 e. The SMILES string of the molecule is COc1cc(C(=O)N2C[C@H]3CCNC[C@H]32)cc2nc(-c3cc4ccc(N(C(F)F)S(C)(=O)=O)nc4n3CC3CC3)c(C)n12. The van der Waals surface area contributed by atoms with Gasteiger partial charge >= 0.3 is 6.55 Å². The maximum absolute atomic E-state index is 13.8. The normalized spacial score (nSPS) is 20.5. The Hall–Kier alpha value is -3.78. The standard InChI is InChI=1S/C29H33F2N7O4S/c1-16-26(33-24-11-20(12-25(42-2)37(16)24)28(39)36-15-19-8-9-32-13-22(19)36)21-10-18-6-7-23(38(29(30)31)43(3,40)41)34-27(18)35(21)14-17-4-5-17/h6-7,10-12,17,19,22,29,32H,4-5,8-9,13-15H2,1-3H3/t19-,22-/m1/s1. The number of alkyl halides is 2. The van der Waals surface area contributed by atoms with Gasteiger partial charge < -0.3 is 19.5 Å². The molecule has 3 aliphatic rings. The number of likely N-dealkylation sites (tertiary alicyclic amines) is 1. The van der Waals surface area contributed by atoms with Gasteiger partial charge in [0, 0.05) is 42.7 Å². The predicted molar refractivity (Wildman–Crippen MR) is 157 cm³/mol. The number of sulfonamides is 1. The number of rotatable bonds is 8. The minimum absolute atomic E-state index is 0.0316.